The van der Waals surface area contributed by atoms with Gasteiger partial charge in [0, 0.05) is 14.7 Å². The van der Waals surface area contributed by atoms with Gasteiger partial charge in [0.25, 0.3) is 0 Å². The highest BCUT2D eigenvalue weighted by molar-refractivity contribution is 7.99. The number of hydrogen-bond acceptors (Lipinski definition) is 3. The van der Waals surface area contributed by atoms with Crippen molar-refractivity contribution in [1.82, 2.24) is 5.32 Å². The number of benzene rings is 2. The molecule has 1 saturated heterocycles. The van der Waals surface area contributed by atoms with Gasteiger partial charge in [-0.15, -0.1) is 0 Å². The number of hydrogen-bond donors (Lipinski definition) is 1. The van der Waals surface area contributed by atoms with Crippen molar-refractivity contribution in [3.63, 3.8) is 0 Å². The Kier molecular flexibility index (Phi) is 5.59. The Bertz CT molecular complexity index is 686. The molecular weight excluding hydrogens is 304 g/mol. The Hall–Kier alpha value is -1.94. The van der Waals surface area contributed by atoms with Gasteiger partial charge in [-0.2, -0.15) is 0 Å². The van der Waals surface area contributed by atoms with Gasteiger partial charge in [-0.05, 0) is 66.7 Å². The molecule has 1 aliphatic rings. The Balaban J connectivity index is 1.75. The topological polar surface area (TPSA) is 60.8 Å². The molecule has 0 atom stereocenters. The highest BCUT2D eigenvalue weighted by Crippen LogP contribution is 2.37. The maximum atomic E-state index is 8.38. The van der Waals surface area contributed by atoms with Crippen molar-refractivity contribution in [2.45, 2.75) is 35.1 Å². The lowest BCUT2D eigenvalue weighted by Gasteiger charge is -2.25. The minimum atomic E-state index is 0.410. The molecule has 118 valence electrons. The molecule has 0 radical (unpaired) electrons. The molecule has 2 aromatic rings. The van der Waals surface area contributed by atoms with Gasteiger partial charge in [-0.1, -0.05) is 47.2 Å². The molecule has 1 N–H and O–H groups in total. The van der Waals surface area contributed by atoms with Crippen LogP contribution in [0.1, 0.15) is 29.9 Å². The molecule has 0 spiro atoms. The molecule has 1 aliphatic heterocycles. The third kappa shape index (κ3) is 4.29. The Morgan fingerprint density at radius 2 is 1.83 bits per heavy atom. The smallest absolute Gasteiger partial charge is 0.0510 e. The summed E-state index contributed by atoms with van der Waals surface area (Å²) in [5.41, 5.74) is 10.9. The van der Waals surface area contributed by atoms with Gasteiger partial charge in [-0.25, -0.2) is 0 Å². The van der Waals surface area contributed by atoms with E-state index in [-0.39, 0.29) is 0 Å². The lowest BCUT2D eigenvalue weighted by atomic mass is 9.90. The molecule has 0 amide bonds. The van der Waals surface area contributed by atoms with E-state index in [9.17, 15) is 0 Å². The molecule has 5 heteroatoms. The Morgan fingerprint density at radius 1 is 1.09 bits per heavy atom. The van der Waals surface area contributed by atoms with Gasteiger partial charge in [0.05, 0.1) is 6.54 Å². The molecule has 3 rings (SSSR count). The van der Waals surface area contributed by atoms with Crippen molar-refractivity contribution in [2.75, 3.05) is 13.1 Å². The number of rotatable bonds is 5. The summed E-state index contributed by atoms with van der Waals surface area (Å²) in [6.07, 6.45) is 2.42. The van der Waals surface area contributed by atoms with Gasteiger partial charge in [0.15, 0.2) is 0 Å². The van der Waals surface area contributed by atoms with E-state index in [2.05, 4.69) is 51.7 Å². The fourth-order valence-corrected chi connectivity index (χ4v) is 3.97. The molecule has 0 bridgehead atoms. The van der Waals surface area contributed by atoms with Crippen molar-refractivity contribution in [1.29, 1.82) is 0 Å². The zero-order valence-corrected chi connectivity index (χ0v) is 13.8. The summed E-state index contributed by atoms with van der Waals surface area (Å²) in [6.45, 7) is 2.63. The van der Waals surface area contributed by atoms with Crippen LogP contribution in [0, 0.1) is 0 Å². The molecule has 0 aromatic heterocycles. The van der Waals surface area contributed by atoms with Crippen molar-refractivity contribution >= 4 is 11.8 Å². The maximum absolute atomic E-state index is 8.38. The van der Waals surface area contributed by atoms with Gasteiger partial charge in [-0.3, -0.25) is 0 Å². The van der Waals surface area contributed by atoms with E-state index in [0.29, 0.717) is 12.5 Å². The van der Waals surface area contributed by atoms with Crippen LogP contribution >= 0.6 is 11.8 Å². The van der Waals surface area contributed by atoms with E-state index in [4.69, 9.17) is 5.53 Å². The van der Waals surface area contributed by atoms with Crippen molar-refractivity contribution < 1.29 is 0 Å². The minimum absolute atomic E-state index is 0.410. The standard InChI is InChI=1S/C18H20N4S/c19-22-21-13-14-5-7-16(8-6-14)23-18-4-2-1-3-17(18)15-9-11-20-12-10-15/h1-8,15,20H,9-13H2. The second kappa shape index (κ2) is 8.06. The van der Waals surface area contributed by atoms with Crippen molar-refractivity contribution in [3.8, 4) is 0 Å². The quantitative estimate of drug-likeness (QED) is 0.471. The molecule has 4 nitrogen and oxygen atoms in total. The average Bonchev–Trinajstić information content (AvgIpc) is 2.62. The highest BCUT2D eigenvalue weighted by atomic mass is 32.2. The van der Waals surface area contributed by atoms with Gasteiger partial charge < -0.3 is 5.32 Å². The number of nitrogens with zero attached hydrogens (tertiary/aromatic N) is 3. The van der Waals surface area contributed by atoms with E-state index in [1.54, 1.807) is 0 Å². The zero-order chi connectivity index (χ0) is 15.9. The number of azide groups is 1. The van der Waals surface area contributed by atoms with Crippen LogP contribution < -0.4 is 5.32 Å². The molecule has 0 aliphatic carbocycles. The number of piperidine rings is 1. The normalized spacial score (nSPS) is 15.1. The van der Waals surface area contributed by atoms with Crippen LogP contribution in [0.2, 0.25) is 0 Å². The second-order valence-electron chi connectivity index (χ2n) is 5.70. The van der Waals surface area contributed by atoms with E-state index in [0.717, 1.165) is 18.7 Å². The van der Waals surface area contributed by atoms with E-state index in [1.807, 2.05) is 23.9 Å². The Morgan fingerprint density at radius 3 is 2.57 bits per heavy atom. The molecule has 1 heterocycles. The first-order valence-corrected chi connectivity index (χ1v) is 8.76. The lowest BCUT2D eigenvalue weighted by molar-refractivity contribution is 0.456. The highest BCUT2D eigenvalue weighted by Gasteiger charge is 2.18. The third-order valence-corrected chi connectivity index (χ3v) is 5.27. The van der Waals surface area contributed by atoms with Gasteiger partial charge in [0.2, 0.25) is 0 Å². The van der Waals surface area contributed by atoms with E-state index < -0.39 is 0 Å². The Labute approximate surface area is 140 Å². The summed E-state index contributed by atoms with van der Waals surface area (Å²) >= 11 is 1.82. The predicted octanol–water partition coefficient (Wildman–Crippen LogP) is 5.12. The first-order chi connectivity index (χ1) is 11.4. The van der Waals surface area contributed by atoms with Crippen LogP contribution in [0.5, 0.6) is 0 Å². The molecule has 0 unspecified atom stereocenters. The van der Waals surface area contributed by atoms with Crippen LogP contribution in [0.25, 0.3) is 10.4 Å². The monoisotopic (exact) mass is 324 g/mol. The summed E-state index contributed by atoms with van der Waals surface area (Å²) in [7, 11) is 0. The summed E-state index contributed by atoms with van der Waals surface area (Å²) in [4.78, 5) is 5.37. The summed E-state index contributed by atoms with van der Waals surface area (Å²) in [5, 5.41) is 7.03. The minimum Gasteiger partial charge on any atom is -0.317 e. The van der Waals surface area contributed by atoms with Gasteiger partial charge >= 0.3 is 0 Å². The van der Waals surface area contributed by atoms with Crippen LogP contribution in [-0.2, 0) is 6.54 Å². The summed E-state index contributed by atoms with van der Waals surface area (Å²) in [6, 6.07) is 17.0. The molecule has 0 saturated carbocycles. The van der Waals surface area contributed by atoms with E-state index in [1.165, 1.54) is 28.2 Å². The third-order valence-electron chi connectivity index (χ3n) is 4.17. The van der Waals surface area contributed by atoms with Crippen LogP contribution in [0.3, 0.4) is 0 Å². The lowest BCUT2D eigenvalue weighted by Crippen LogP contribution is -2.26. The molecular formula is C18H20N4S. The average molecular weight is 324 g/mol. The predicted molar refractivity (Wildman–Crippen MR) is 94.7 cm³/mol. The number of nitrogens with one attached hydrogen (secondary N) is 1. The molecule has 1 fully saturated rings. The van der Waals surface area contributed by atoms with Gasteiger partial charge in [0.1, 0.15) is 0 Å². The van der Waals surface area contributed by atoms with Crippen molar-refractivity contribution in [2.24, 2.45) is 5.11 Å². The largest absolute Gasteiger partial charge is 0.317 e. The maximum Gasteiger partial charge on any atom is 0.0510 e. The fraction of sp³-hybridized carbons (Fsp3) is 0.333. The first-order valence-electron chi connectivity index (χ1n) is 7.94. The van der Waals surface area contributed by atoms with E-state index >= 15 is 0 Å². The fourth-order valence-electron chi connectivity index (χ4n) is 2.95. The van der Waals surface area contributed by atoms with Crippen LogP contribution in [-0.4, -0.2) is 13.1 Å². The summed E-state index contributed by atoms with van der Waals surface area (Å²) in [5.74, 6) is 0.657. The zero-order valence-electron chi connectivity index (χ0n) is 13.0. The second-order valence-corrected chi connectivity index (χ2v) is 6.81. The SMILES string of the molecule is [N-]=[N+]=NCc1ccc(Sc2ccccc2C2CCNCC2)cc1. The first kappa shape index (κ1) is 15.9. The molecule has 23 heavy (non-hydrogen) atoms. The van der Waals surface area contributed by atoms with Crippen LogP contribution in [0.4, 0.5) is 0 Å². The van der Waals surface area contributed by atoms with Crippen molar-refractivity contribution in [3.05, 3.63) is 70.1 Å². The molecule has 2 aromatic carbocycles. The summed E-state index contributed by atoms with van der Waals surface area (Å²) < 4.78 is 0. The van der Waals surface area contributed by atoms with Crippen LogP contribution in [0.15, 0.2) is 63.4 Å².